The summed E-state index contributed by atoms with van der Waals surface area (Å²) in [5, 5.41) is 23.1. The van der Waals surface area contributed by atoms with Crippen LogP contribution in [0.2, 0.25) is 0 Å². The van der Waals surface area contributed by atoms with E-state index in [0.29, 0.717) is 25.9 Å². The minimum Gasteiger partial charge on any atom is -0.466 e. The Morgan fingerprint density at radius 2 is 0.923 bits per heavy atom. The highest BCUT2D eigenvalue weighted by atomic mass is 16.5. The number of carbonyl (C=O) groups is 2. The number of rotatable bonds is 42. The van der Waals surface area contributed by atoms with Crippen molar-refractivity contribution in [3.05, 3.63) is 12.2 Å². The van der Waals surface area contributed by atoms with Crippen LogP contribution in [-0.4, -0.2) is 47.4 Å². The summed E-state index contributed by atoms with van der Waals surface area (Å²) < 4.78 is 5.42. The number of esters is 1. The van der Waals surface area contributed by atoms with E-state index in [1.54, 1.807) is 0 Å². The first kappa shape index (κ1) is 50.6. The lowest BCUT2D eigenvalue weighted by atomic mass is 10.0. The molecule has 1 amide bonds. The van der Waals surface area contributed by atoms with Crippen LogP contribution in [0.25, 0.3) is 0 Å². The zero-order valence-corrected chi connectivity index (χ0v) is 34.8. The lowest BCUT2D eigenvalue weighted by molar-refractivity contribution is -0.143. The third-order valence-electron chi connectivity index (χ3n) is 10.6. The Hall–Kier alpha value is -1.40. The number of aliphatic hydroxyl groups excluding tert-OH is 2. The predicted octanol–water partition coefficient (Wildman–Crippen LogP) is 13.0. The molecule has 6 heteroatoms. The number of hydrogen-bond donors (Lipinski definition) is 3. The van der Waals surface area contributed by atoms with E-state index in [2.05, 4.69) is 31.3 Å². The van der Waals surface area contributed by atoms with Gasteiger partial charge in [0, 0.05) is 12.8 Å². The largest absolute Gasteiger partial charge is 0.466 e. The Kier molecular flexibility index (Phi) is 41.2. The highest BCUT2D eigenvalue weighted by molar-refractivity contribution is 5.76. The highest BCUT2D eigenvalue weighted by Gasteiger charge is 2.20. The molecule has 0 rings (SSSR count). The molecule has 0 saturated carbocycles. The quantitative estimate of drug-likeness (QED) is 0.0329. The summed E-state index contributed by atoms with van der Waals surface area (Å²) in [6.45, 7) is 4.84. The van der Waals surface area contributed by atoms with Gasteiger partial charge in [0.05, 0.1) is 25.4 Å². The maximum absolute atomic E-state index is 12.4. The minimum absolute atomic E-state index is 0.0361. The minimum atomic E-state index is -0.680. The van der Waals surface area contributed by atoms with Crippen molar-refractivity contribution < 1.29 is 24.5 Å². The van der Waals surface area contributed by atoms with Crippen molar-refractivity contribution in [2.24, 2.45) is 0 Å². The first-order chi connectivity index (χ1) is 25.5. The van der Waals surface area contributed by atoms with Gasteiger partial charge in [-0.1, -0.05) is 199 Å². The van der Waals surface area contributed by atoms with Gasteiger partial charge in [0.1, 0.15) is 0 Å². The zero-order chi connectivity index (χ0) is 38.0. The van der Waals surface area contributed by atoms with Gasteiger partial charge in [0.2, 0.25) is 5.91 Å². The van der Waals surface area contributed by atoms with Crippen molar-refractivity contribution in [3.63, 3.8) is 0 Å². The molecular weight excluding hydrogens is 647 g/mol. The molecule has 3 N–H and O–H groups in total. The summed E-state index contributed by atoms with van der Waals surface area (Å²) >= 11 is 0. The molecule has 2 unspecified atom stereocenters. The van der Waals surface area contributed by atoms with Crippen LogP contribution in [0, 0.1) is 0 Å². The number of ether oxygens (including phenoxy) is 1. The molecule has 6 nitrogen and oxygen atoms in total. The summed E-state index contributed by atoms with van der Waals surface area (Å²) in [7, 11) is 0. The molecule has 0 heterocycles. The smallest absolute Gasteiger partial charge is 0.305 e. The van der Waals surface area contributed by atoms with Gasteiger partial charge in [-0.25, -0.2) is 0 Å². The first-order valence-electron chi connectivity index (χ1n) is 22.9. The maximum atomic E-state index is 12.4. The van der Waals surface area contributed by atoms with E-state index >= 15 is 0 Å². The number of unbranched alkanes of at least 4 members (excludes halogenated alkanes) is 29. The maximum Gasteiger partial charge on any atom is 0.305 e. The number of carbonyl (C=O) groups excluding carboxylic acids is 2. The van der Waals surface area contributed by atoms with Gasteiger partial charge in [-0.15, -0.1) is 0 Å². The van der Waals surface area contributed by atoms with Crippen LogP contribution in [0.4, 0.5) is 0 Å². The molecule has 0 bridgehead atoms. The number of allylic oxidation sites excluding steroid dienone is 2. The molecular formula is C46H89NO5. The lowest BCUT2D eigenvalue weighted by Crippen LogP contribution is -2.45. The number of amides is 1. The van der Waals surface area contributed by atoms with Crippen LogP contribution in [0.1, 0.15) is 245 Å². The molecule has 0 aliphatic heterocycles. The molecule has 0 aliphatic carbocycles. The second kappa shape index (κ2) is 42.3. The van der Waals surface area contributed by atoms with Crippen molar-refractivity contribution in [2.45, 2.75) is 257 Å². The van der Waals surface area contributed by atoms with Crippen LogP contribution in [-0.2, 0) is 14.3 Å². The number of hydrogen-bond acceptors (Lipinski definition) is 5. The van der Waals surface area contributed by atoms with Gasteiger partial charge in [-0.05, 0) is 44.9 Å². The van der Waals surface area contributed by atoms with E-state index in [-0.39, 0.29) is 18.5 Å². The van der Waals surface area contributed by atoms with E-state index in [1.165, 1.54) is 154 Å². The second-order valence-corrected chi connectivity index (χ2v) is 15.7. The molecule has 52 heavy (non-hydrogen) atoms. The van der Waals surface area contributed by atoms with E-state index in [4.69, 9.17) is 4.74 Å². The normalized spacial score (nSPS) is 12.8. The third-order valence-corrected chi connectivity index (χ3v) is 10.6. The molecule has 0 aromatic rings. The Bertz CT molecular complexity index is 772. The molecule has 308 valence electrons. The Morgan fingerprint density at radius 1 is 0.519 bits per heavy atom. The monoisotopic (exact) mass is 736 g/mol. The molecule has 0 aromatic heterocycles. The van der Waals surface area contributed by atoms with E-state index in [9.17, 15) is 19.8 Å². The van der Waals surface area contributed by atoms with Crippen molar-refractivity contribution in [1.82, 2.24) is 5.32 Å². The van der Waals surface area contributed by atoms with E-state index in [0.717, 1.165) is 57.8 Å². The number of nitrogens with one attached hydrogen (secondary N) is 1. The molecule has 0 radical (unpaired) electrons. The highest BCUT2D eigenvalue weighted by Crippen LogP contribution is 2.16. The fourth-order valence-corrected chi connectivity index (χ4v) is 6.97. The van der Waals surface area contributed by atoms with Gasteiger partial charge in [0.15, 0.2) is 0 Å². The fourth-order valence-electron chi connectivity index (χ4n) is 6.97. The Balaban J connectivity index is 3.51. The molecule has 0 aromatic carbocycles. The molecule has 2 atom stereocenters. The van der Waals surface area contributed by atoms with Crippen LogP contribution >= 0.6 is 0 Å². The molecule has 0 saturated heterocycles. The average Bonchev–Trinajstić information content (AvgIpc) is 3.14. The van der Waals surface area contributed by atoms with Crippen LogP contribution in [0.5, 0.6) is 0 Å². The lowest BCUT2D eigenvalue weighted by Gasteiger charge is -2.22. The van der Waals surface area contributed by atoms with Gasteiger partial charge in [0.25, 0.3) is 0 Å². The third kappa shape index (κ3) is 38.3. The van der Waals surface area contributed by atoms with Crippen molar-refractivity contribution in [1.29, 1.82) is 0 Å². The van der Waals surface area contributed by atoms with Gasteiger partial charge in [-0.2, -0.15) is 0 Å². The summed E-state index contributed by atoms with van der Waals surface area (Å²) in [5.74, 6) is -0.0991. The van der Waals surface area contributed by atoms with E-state index < -0.39 is 12.1 Å². The van der Waals surface area contributed by atoms with Gasteiger partial charge in [-0.3, -0.25) is 9.59 Å². The Labute approximate surface area is 323 Å². The SMILES string of the molecule is CCCC/C=C\CCCCCCCC(=O)OCCCCCCCCCCCC(=O)NC(CO)C(O)CCCCCCCCCCCCCCCCC. The predicted molar refractivity (Wildman–Crippen MR) is 223 cm³/mol. The molecule has 0 aliphatic rings. The van der Waals surface area contributed by atoms with E-state index in [1.807, 2.05) is 0 Å². The summed E-state index contributed by atoms with van der Waals surface area (Å²) in [4.78, 5) is 24.4. The molecule has 0 spiro atoms. The van der Waals surface area contributed by atoms with Crippen molar-refractivity contribution in [3.8, 4) is 0 Å². The standard InChI is InChI=1S/C46H89NO5/c1-3-5-7-9-11-13-15-16-17-18-20-22-26-30-34-38-44(49)43(42-48)47-45(50)39-35-31-27-23-21-25-29-33-37-41-52-46(51)40-36-32-28-24-19-14-12-10-8-6-4-2/h10,12,43-44,48-49H,3-9,11,13-42H2,1-2H3,(H,47,50)/b12-10-. The van der Waals surface area contributed by atoms with Crippen molar-refractivity contribution >= 4 is 11.9 Å². The van der Waals surface area contributed by atoms with Gasteiger partial charge >= 0.3 is 5.97 Å². The van der Waals surface area contributed by atoms with Gasteiger partial charge < -0.3 is 20.3 Å². The molecule has 0 fully saturated rings. The average molecular weight is 736 g/mol. The van der Waals surface area contributed by atoms with Crippen LogP contribution < -0.4 is 5.32 Å². The zero-order valence-electron chi connectivity index (χ0n) is 34.8. The Morgan fingerprint density at radius 3 is 1.42 bits per heavy atom. The first-order valence-corrected chi connectivity index (χ1v) is 22.9. The summed E-state index contributed by atoms with van der Waals surface area (Å²) in [5.41, 5.74) is 0. The summed E-state index contributed by atoms with van der Waals surface area (Å²) in [6.07, 6.45) is 45.9. The number of aliphatic hydroxyl groups is 2. The summed E-state index contributed by atoms with van der Waals surface area (Å²) in [6, 6.07) is -0.560. The second-order valence-electron chi connectivity index (χ2n) is 15.7. The van der Waals surface area contributed by atoms with Crippen LogP contribution in [0.3, 0.4) is 0 Å². The topological polar surface area (TPSA) is 95.9 Å². The van der Waals surface area contributed by atoms with Crippen molar-refractivity contribution in [2.75, 3.05) is 13.2 Å². The fraction of sp³-hybridized carbons (Fsp3) is 0.913. The van der Waals surface area contributed by atoms with Crippen LogP contribution in [0.15, 0.2) is 12.2 Å².